The molecule has 0 saturated heterocycles. The van der Waals surface area contributed by atoms with Gasteiger partial charge in [-0.25, -0.2) is 0 Å². The van der Waals surface area contributed by atoms with Gasteiger partial charge in [0.15, 0.2) is 0 Å². The zero-order valence-electron chi connectivity index (χ0n) is 12.3. The van der Waals surface area contributed by atoms with Crippen LogP contribution in [-0.2, 0) is 0 Å². The molecule has 1 heteroatoms. The predicted octanol–water partition coefficient (Wildman–Crippen LogP) is 6.73. The van der Waals surface area contributed by atoms with Crippen molar-refractivity contribution in [2.45, 2.75) is 6.92 Å². The maximum Gasteiger partial charge on any atom is 0.0260 e. The summed E-state index contributed by atoms with van der Waals surface area (Å²) in [6.45, 7) is 2.19. The van der Waals surface area contributed by atoms with Gasteiger partial charge in [0.05, 0.1) is 0 Å². The van der Waals surface area contributed by atoms with Crippen LogP contribution in [0.1, 0.15) is 5.56 Å². The van der Waals surface area contributed by atoms with E-state index in [4.69, 9.17) is 0 Å². The number of rotatable bonds is 1. The van der Waals surface area contributed by atoms with E-state index in [9.17, 15) is 0 Å². The van der Waals surface area contributed by atoms with E-state index < -0.39 is 0 Å². The molecular weight excluding hydrogens is 332 g/mol. The SMILES string of the molecule is Cc1ccc2ccccc2c1-c1c(Br)ccc2ccccc12. The lowest BCUT2D eigenvalue weighted by Gasteiger charge is -2.15. The summed E-state index contributed by atoms with van der Waals surface area (Å²) in [5.74, 6) is 0. The molecule has 22 heavy (non-hydrogen) atoms. The van der Waals surface area contributed by atoms with Crippen molar-refractivity contribution in [3.05, 3.63) is 82.8 Å². The zero-order valence-corrected chi connectivity index (χ0v) is 13.9. The minimum absolute atomic E-state index is 1.14. The van der Waals surface area contributed by atoms with E-state index in [2.05, 4.69) is 95.7 Å². The third kappa shape index (κ3) is 2.05. The lowest BCUT2D eigenvalue weighted by molar-refractivity contribution is 1.49. The maximum absolute atomic E-state index is 3.77. The first-order valence-electron chi connectivity index (χ1n) is 7.42. The first-order valence-corrected chi connectivity index (χ1v) is 8.21. The topological polar surface area (TPSA) is 0 Å². The molecular formula is C21H15Br. The molecule has 0 saturated carbocycles. The van der Waals surface area contributed by atoms with Crippen LogP contribution in [0, 0.1) is 6.92 Å². The van der Waals surface area contributed by atoms with Crippen LogP contribution in [0.2, 0.25) is 0 Å². The van der Waals surface area contributed by atoms with Crippen molar-refractivity contribution in [3.8, 4) is 11.1 Å². The minimum atomic E-state index is 1.14. The van der Waals surface area contributed by atoms with Crippen LogP contribution < -0.4 is 0 Å². The summed E-state index contributed by atoms with van der Waals surface area (Å²) >= 11 is 3.77. The molecule has 0 spiro atoms. The summed E-state index contributed by atoms with van der Waals surface area (Å²) in [4.78, 5) is 0. The van der Waals surface area contributed by atoms with Crippen molar-refractivity contribution in [1.29, 1.82) is 0 Å². The lowest BCUT2D eigenvalue weighted by atomic mass is 9.91. The van der Waals surface area contributed by atoms with Crippen LogP contribution in [-0.4, -0.2) is 0 Å². The van der Waals surface area contributed by atoms with E-state index >= 15 is 0 Å². The van der Waals surface area contributed by atoms with Crippen molar-refractivity contribution >= 4 is 37.5 Å². The highest BCUT2D eigenvalue weighted by molar-refractivity contribution is 9.10. The Labute approximate surface area is 138 Å². The third-order valence-corrected chi connectivity index (χ3v) is 4.93. The number of fused-ring (bicyclic) bond motifs is 2. The van der Waals surface area contributed by atoms with E-state index in [1.807, 2.05) is 0 Å². The standard InChI is InChI=1S/C21H15Br/c1-14-10-11-15-6-2-4-8-17(15)20(14)21-18-9-5-3-7-16(18)12-13-19(21)22/h2-13H,1H3. The molecule has 4 aromatic rings. The predicted molar refractivity (Wildman–Crippen MR) is 99.3 cm³/mol. The van der Waals surface area contributed by atoms with Gasteiger partial charge in [0, 0.05) is 10.0 Å². The summed E-state index contributed by atoms with van der Waals surface area (Å²) < 4.78 is 1.14. The molecule has 0 bridgehead atoms. The summed E-state index contributed by atoms with van der Waals surface area (Å²) in [6, 6.07) is 25.9. The van der Waals surface area contributed by atoms with E-state index in [-0.39, 0.29) is 0 Å². The average molecular weight is 347 g/mol. The van der Waals surface area contributed by atoms with Gasteiger partial charge in [0.2, 0.25) is 0 Å². The van der Waals surface area contributed by atoms with E-state index in [0.717, 1.165) is 4.47 Å². The number of hydrogen-bond acceptors (Lipinski definition) is 0. The first-order chi connectivity index (χ1) is 10.8. The Kier molecular flexibility index (Phi) is 3.24. The zero-order chi connectivity index (χ0) is 15.1. The number of benzene rings is 4. The van der Waals surface area contributed by atoms with Gasteiger partial charge in [-0.1, -0.05) is 82.7 Å². The molecule has 0 nitrogen and oxygen atoms in total. The first kappa shape index (κ1) is 13.5. The summed E-state index contributed by atoms with van der Waals surface area (Å²) in [5, 5.41) is 5.15. The summed E-state index contributed by atoms with van der Waals surface area (Å²) in [7, 11) is 0. The van der Waals surface area contributed by atoms with Gasteiger partial charge < -0.3 is 0 Å². The van der Waals surface area contributed by atoms with Crippen LogP contribution in [0.4, 0.5) is 0 Å². The van der Waals surface area contributed by atoms with Gasteiger partial charge in [-0.05, 0) is 45.7 Å². The second-order valence-corrected chi connectivity index (χ2v) is 6.48. The van der Waals surface area contributed by atoms with Crippen molar-refractivity contribution in [1.82, 2.24) is 0 Å². The Morgan fingerprint density at radius 2 is 1.14 bits per heavy atom. The van der Waals surface area contributed by atoms with Gasteiger partial charge in [0.1, 0.15) is 0 Å². The molecule has 106 valence electrons. The molecule has 0 fully saturated rings. The summed E-state index contributed by atoms with van der Waals surface area (Å²) in [5.41, 5.74) is 3.91. The molecule has 0 N–H and O–H groups in total. The van der Waals surface area contributed by atoms with Crippen molar-refractivity contribution in [3.63, 3.8) is 0 Å². The number of aryl methyl sites for hydroxylation is 1. The monoisotopic (exact) mass is 346 g/mol. The van der Waals surface area contributed by atoms with Crippen molar-refractivity contribution in [2.24, 2.45) is 0 Å². The highest BCUT2D eigenvalue weighted by Crippen LogP contribution is 2.40. The van der Waals surface area contributed by atoms with Gasteiger partial charge in [-0.3, -0.25) is 0 Å². The molecule has 0 aliphatic heterocycles. The Bertz CT molecular complexity index is 916. The van der Waals surface area contributed by atoms with Crippen LogP contribution in [0.15, 0.2) is 77.3 Å². The fourth-order valence-corrected chi connectivity index (χ4v) is 3.76. The Morgan fingerprint density at radius 1 is 0.591 bits per heavy atom. The maximum atomic E-state index is 3.77. The van der Waals surface area contributed by atoms with Crippen molar-refractivity contribution in [2.75, 3.05) is 0 Å². The van der Waals surface area contributed by atoms with Crippen molar-refractivity contribution < 1.29 is 0 Å². The van der Waals surface area contributed by atoms with Crippen LogP contribution in [0.5, 0.6) is 0 Å². The molecule has 0 atom stereocenters. The molecule has 0 aromatic heterocycles. The van der Waals surface area contributed by atoms with E-state index in [1.165, 1.54) is 38.2 Å². The molecule has 0 aliphatic rings. The van der Waals surface area contributed by atoms with Gasteiger partial charge in [-0.2, -0.15) is 0 Å². The van der Waals surface area contributed by atoms with Gasteiger partial charge in [0.25, 0.3) is 0 Å². The number of halogens is 1. The Morgan fingerprint density at radius 3 is 1.82 bits per heavy atom. The molecule has 0 unspecified atom stereocenters. The van der Waals surface area contributed by atoms with Crippen LogP contribution in [0.3, 0.4) is 0 Å². The quantitative estimate of drug-likeness (QED) is 0.358. The second-order valence-electron chi connectivity index (χ2n) is 5.62. The molecule has 0 heterocycles. The lowest BCUT2D eigenvalue weighted by Crippen LogP contribution is -1.89. The average Bonchev–Trinajstić information content (AvgIpc) is 2.56. The fourth-order valence-electron chi connectivity index (χ4n) is 3.21. The molecule has 0 amide bonds. The van der Waals surface area contributed by atoms with E-state index in [1.54, 1.807) is 0 Å². The highest BCUT2D eigenvalue weighted by atomic mass is 79.9. The van der Waals surface area contributed by atoms with Gasteiger partial charge >= 0.3 is 0 Å². The molecule has 0 aliphatic carbocycles. The second kappa shape index (κ2) is 5.26. The summed E-state index contributed by atoms with van der Waals surface area (Å²) in [6.07, 6.45) is 0. The molecule has 4 rings (SSSR count). The Balaban J connectivity index is 2.21. The molecule has 4 aromatic carbocycles. The fraction of sp³-hybridized carbons (Fsp3) is 0.0476. The smallest absolute Gasteiger partial charge is 0.0260 e. The largest absolute Gasteiger partial charge is 0.0616 e. The van der Waals surface area contributed by atoms with Gasteiger partial charge in [-0.15, -0.1) is 0 Å². The normalized spacial score (nSPS) is 11.2. The van der Waals surface area contributed by atoms with Crippen LogP contribution >= 0.6 is 15.9 Å². The minimum Gasteiger partial charge on any atom is -0.0616 e. The molecule has 0 radical (unpaired) electrons. The Hall–Kier alpha value is -2.12. The number of hydrogen-bond donors (Lipinski definition) is 0. The highest BCUT2D eigenvalue weighted by Gasteiger charge is 2.13. The van der Waals surface area contributed by atoms with Crippen LogP contribution in [0.25, 0.3) is 32.7 Å². The van der Waals surface area contributed by atoms with E-state index in [0.29, 0.717) is 0 Å². The third-order valence-electron chi connectivity index (χ3n) is 4.27.